The predicted molar refractivity (Wildman–Crippen MR) is 65.9 cm³/mol. The smallest absolute Gasteiger partial charge is 0.209 e. The molecule has 1 aromatic carbocycles. The Kier molecular flexibility index (Phi) is 4.36. The van der Waals surface area contributed by atoms with Crippen LogP contribution >= 0.6 is 0 Å². The predicted octanol–water partition coefficient (Wildman–Crippen LogP) is 1.31. The van der Waals surface area contributed by atoms with E-state index in [0.717, 1.165) is 11.8 Å². The first-order valence-corrected chi connectivity index (χ1v) is 6.95. The minimum absolute atomic E-state index is 0.380. The molecule has 0 heterocycles. The van der Waals surface area contributed by atoms with Gasteiger partial charge in [-0.2, -0.15) is 0 Å². The molecule has 0 aliphatic heterocycles. The summed E-state index contributed by atoms with van der Waals surface area (Å²) in [5.41, 5.74) is 0.734. The Morgan fingerprint density at radius 2 is 1.88 bits per heavy atom. The zero-order valence-corrected chi connectivity index (χ0v) is 11.2. The van der Waals surface area contributed by atoms with Crippen LogP contribution < -0.4 is 14.2 Å². The lowest BCUT2D eigenvalue weighted by atomic mass is 10.1. The van der Waals surface area contributed by atoms with Crippen molar-refractivity contribution in [1.82, 2.24) is 4.72 Å². The molecule has 0 spiro atoms. The molecule has 0 aromatic heterocycles. The van der Waals surface area contributed by atoms with E-state index >= 15 is 0 Å². The van der Waals surface area contributed by atoms with Gasteiger partial charge in [-0.1, -0.05) is 0 Å². The van der Waals surface area contributed by atoms with Crippen molar-refractivity contribution in [3.05, 3.63) is 23.8 Å². The molecule has 6 heteroatoms. The Labute approximate surface area is 102 Å². The van der Waals surface area contributed by atoms with Gasteiger partial charge < -0.3 is 9.47 Å². The van der Waals surface area contributed by atoms with Crippen LogP contribution in [0.3, 0.4) is 0 Å². The van der Waals surface area contributed by atoms with Crippen LogP contribution in [-0.4, -0.2) is 28.9 Å². The SMILES string of the molecule is COc1ccc(OC)c([C@H](C)NS(C)(=O)=O)c1. The van der Waals surface area contributed by atoms with Crippen molar-refractivity contribution in [3.8, 4) is 11.5 Å². The summed E-state index contributed by atoms with van der Waals surface area (Å²) in [5, 5.41) is 0. The molecule has 5 nitrogen and oxygen atoms in total. The number of rotatable bonds is 5. The van der Waals surface area contributed by atoms with Crippen molar-refractivity contribution in [1.29, 1.82) is 0 Å². The van der Waals surface area contributed by atoms with E-state index < -0.39 is 10.0 Å². The van der Waals surface area contributed by atoms with Crippen LogP contribution in [0.15, 0.2) is 18.2 Å². The van der Waals surface area contributed by atoms with E-state index in [2.05, 4.69) is 4.72 Å². The van der Waals surface area contributed by atoms with E-state index in [1.54, 1.807) is 39.3 Å². The van der Waals surface area contributed by atoms with Crippen molar-refractivity contribution in [3.63, 3.8) is 0 Å². The number of hydrogen-bond donors (Lipinski definition) is 1. The highest BCUT2D eigenvalue weighted by Crippen LogP contribution is 2.29. The molecule has 0 saturated carbocycles. The van der Waals surface area contributed by atoms with Crippen molar-refractivity contribution >= 4 is 10.0 Å². The normalized spacial score (nSPS) is 13.2. The third-order valence-corrected chi connectivity index (χ3v) is 3.08. The molecule has 0 unspecified atom stereocenters. The summed E-state index contributed by atoms with van der Waals surface area (Å²) in [5.74, 6) is 1.28. The van der Waals surface area contributed by atoms with Crippen LogP contribution in [0.1, 0.15) is 18.5 Å². The van der Waals surface area contributed by atoms with Gasteiger partial charge in [0.1, 0.15) is 11.5 Å². The van der Waals surface area contributed by atoms with Gasteiger partial charge in [0.2, 0.25) is 10.0 Å². The second-order valence-electron chi connectivity index (χ2n) is 3.72. The zero-order chi connectivity index (χ0) is 13.1. The summed E-state index contributed by atoms with van der Waals surface area (Å²) in [6.45, 7) is 1.75. The fourth-order valence-electron chi connectivity index (χ4n) is 1.56. The summed E-state index contributed by atoms with van der Waals surface area (Å²) in [6.07, 6.45) is 1.12. The maximum atomic E-state index is 11.2. The topological polar surface area (TPSA) is 64.6 Å². The number of sulfonamides is 1. The van der Waals surface area contributed by atoms with Crippen molar-refractivity contribution in [2.75, 3.05) is 20.5 Å². The number of nitrogens with one attached hydrogen (secondary N) is 1. The average molecular weight is 259 g/mol. The lowest BCUT2D eigenvalue weighted by Gasteiger charge is -2.17. The maximum absolute atomic E-state index is 11.2. The molecule has 1 atom stereocenters. The molecule has 0 radical (unpaired) electrons. The van der Waals surface area contributed by atoms with Crippen LogP contribution in [-0.2, 0) is 10.0 Å². The van der Waals surface area contributed by atoms with Crippen LogP contribution in [0.4, 0.5) is 0 Å². The maximum Gasteiger partial charge on any atom is 0.209 e. The monoisotopic (exact) mass is 259 g/mol. The molecular formula is C11H17NO4S. The average Bonchev–Trinajstić information content (AvgIpc) is 2.25. The van der Waals surface area contributed by atoms with E-state index in [0.29, 0.717) is 11.5 Å². The van der Waals surface area contributed by atoms with Gasteiger partial charge in [-0.3, -0.25) is 0 Å². The van der Waals surface area contributed by atoms with Crippen LogP contribution in [0.25, 0.3) is 0 Å². The molecule has 0 fully saturated rings. The molecular weight excluding hydrogens is 242 g/mol. The van der Waals surface area contributed by atoms with Gasteiger partial charge in [-0.25, -0.2) is 13.1 Å². The summed E-state index contributed by atoms with van der Waals surface area (Å²) in [6, 6.07) is 4.88. The molecule has 0 aliphatic rings. The Bertz CT molecular complexity index is 484. The summed E-state index contributed by atoms with van der Waals surface area (Å²) in [4.78, 5) is 0. The highest BCUT2D eigenvalue weighted by atomic mass is 32.2. The van der Waals surface area contributed by atoms with Gasteiger partial charge >= 0.3 is 0 Å². The lowest BCUT2D eigenvalue weighted by molar-refractivity contribution is 0.395. The van der Waals surface area contributed by atoms with Gasteiger partial charge in [-0.05, 0) is 25.1 Å². The van der Waals surface area contributed by atoms with E-state index in [9.17, 15) is 8.42 Å². The van der Waals surface area contributed by atoms with Gasteiger partial charge in [0.15, 0.2) is 0 Å². The van der Waals surface area contributed by atoms with E-state index in [4.69, 9.17) is 9.47 Å². The third kappa shape index (κ3) is 3.90. The molecule has 0 aliphatic carbocycles. The Morgan fingerprint density at radius 3 is 2.35 bits per heavy atom. The third-order valence-electron chi connectivity index (χ3n) is 2.29. The second kappa shape index (κ2) is 5.37. The first-order chi connectivity index (χ1) is 7.87. The molecule has 0 bridgehead atoms. The summed E-state index contributed by atoms with van der Waals surface area (Å²) >= 11 is 0. The fraction of sp³-hybridized carbons (Fsp3) is 0.455. The standard InChI is InChI=1S/C11H17NO4S/c1-8(12-17(4,13)14)10-7-9(15-2)5-6-11(10)16-3/h5-8,12H,1-4H3/t8-/m0/s1. The quantitative estimate of drug-likeness (QED) is 0.866. The van der Waals surface area contributed by atoms with Gasteiger partial charge in [0.05, 0.1) is 20.5 Å². The minimum atomic E-state index is -3.26. The molecule has 1 rings (SSSR count). The van der Waals surface area contributed by atoms with Crippen molar-refractivity contribution in [2.24, 2.45) is 0 Å². The number of ether oxygens (including phenoxy) is 2. The van der Waals surface area contributed by atoms with Crippen LogP contribution in [0.5, 0.6) is 11.5 Å². The first-order valence-electron chi connectivity index (χ1n) is 5.06. The van der Waals surface area contributed by atoms with Gasteiger partial charge in [0, 0.05) is 11.6 Å². The molecule has 1 N–H and O–H groups in total. The van der Waals surface area contributed by atoms with Crippen LogP contribution in [0, 0.1) is 0 Å². The second-order valence-corrected chi connectivity index (χ2v) is 5.50. The first kappa shape index (κ1) is 13.8. The Balaban J connectivity index is 3.09. The molecule has 1 aromatic rings. The molecule has 17 heavy (non-hydrogen) atoms. The minimum Gasteiger partial charge on any atom is -0.497 e. The highest BCUT2D eigenvalue weighted by molar-refractivity contribution is 7.88. The van der Waals surface area contributed by atoms with Gasteiger partial charge in [-0.15, -0.1) is 0 Å². The molecule has 96 valence electrons. The van der Waals surface area contributed by atoms with Crippen LogP contribution in [0.2, 0.25) is 0 Å². The number of hydrogen-bond acceptors (Lipinski definition) is 4. The number of benzene rings is 1. The van der Waals surface area contributed by atoms with E-state index in [-0.39, 0.29) is 6.04 Å². The van der Waals surface area contributed by atoms with Crippen molar-refractivity contribution < 1.29 is 17.9 Å². The van der Waals surface area contributed by atoms with E-state index in [1.165, 1.54) is 0 Å². The lowest BCUT2D eigenvalue weighted by Crippen LogP contribution is -2.25. The number of methoxy groups -OCH3 is 2. The molecule has 0 saturated heterocycles. The fourth-order valence-corrected chi connectivity index (χ4v) is 2.33. The Hall–Kier alpha value is -1.27. The highest BCUT2D eigenvalue weighted by Gasteiger charge is 2.16. The van der Waals surface area contributed by atoms with E-state index in [1.807, 2.05) is 0 Å². The zero-order valence-electron chi connectivity index (χ0n) is 10.4. The summed E-state index contributed by atoms with van der Waals surface area (Å²) < 4.78 is 35.2. The van der Waals surface area contributed by atoms with Gasteiger partial charge in [0.25, 0.3) is 0 Å². The summed E-state index contributed by atoms with van der Waals surface area (Å²) in [7, 11) is -0.166. The van der Waals surface area contributed by atoms with Crippen molar-refractivity contribution in [2.45, 2.75) is 13.0 Å². The Morgan fingerprint density at radius 1 is 1.24 bits per heavy atom. The molecule has 0 amide bonds. The largest absolute Gasteiger partial charge is 0.497 e.